The maximum Gasteiger partial charge on any atom is 0.315 e. The third-order valence-electron chi connectivity index (χ3n) is 3.46. The van der Waals surface area contributed by atoms with Crippen LogP contribution in [-0.4, -0.2) is 43.8 Å². The van der Waals surface area contributed by atoms with Crippen molar-refractivity contribution in [3.8, 4) is 0 Å². The van der Waals surface area contributed by atoms with Gasteiger partial charge in [0, 0.05) is 6.04 Å². The zero-order valence-electron chi connectivity index (χ0n) is 11.2. The van der Waals surface area contributed by atoms with Gasteiger partial charge in [-0.05, 0) is 26.2 Å². The number of carboxylic acid groups (broad SMARTS) is 1. The predicted octanol–water partition coefficient (Wildman–Crippen LogP) is 0.203. The van der Waals surface area contributed by atoms with Gasteiger partial charge in [-0.25, -0.2) is 4.79 Å². The number of carboxylic acids is 1. The van der Waals surface area contributed by atoms with Crippen molar-refractivity contribution in [3.05, 3.63) is 5.82 Å². The SMILES string of the molecule is CC(NC(=O)NC1CCCC(C(=O)O)C1)c1nn[nH]n1. The molecule has 1 aromatic rings. The molecule has 0 aliphatic heterocycles. The molecule has 3 atom stereocenters. The molecular weight excluding hydrogens is 264 g/mol. The van der Waals surface area contributed by atoms with Gasteiger partial charge in [-0.1, -0.05) is 11.6 Å². The monoisotopic (exact) mass is 282 g/mol. The second-order valence-electron chi connectivity index (χ2n) is 5.01. The summed E-state index contributed by atoms with van der Waals surface area (Å²) in [4.78, 5) is 22.8. The molecule has 0 aromatic carbocycles. The number of H-pyrrole nitrogens is 1. The first kappa shape index (κ1) is 14.2. The quantitative estimate of drug-likeness (QED) is 0.623. The van der Waals surface area contributed by atoms with E-state index in [4.69, 9.17) is 5.11 Å². The van der Waals surface area contributed by atoms with Gasteiger partial charge in [0.25, 0.3) is 0 Å². The lowest BCUT2D eigenvalue weighted by Gasteiger charge is -2.27. The number of carbonyl (C=O) groups excluding carboxylic acids is 1. The van der Waals surface area contributed by atoms with Gasteiger partial charge in [0.15, 0.2) is 5.82 Å². The minimum atomic E-state index is -0.794. The first-order chi connectivity index (χ1) is 9.56. The number of aromatic nitrogens is 4. The first-order valence-electron chi connectivity index (χ1n) is 6.59. The maximum atomic E-state index is 11.8. The summed E-state index contributed by atoms with van der Waals surface area (Å²) in [7, 11) is 0. The molecule has 4 N–H and O–H groups in total. The van der Waals surface area contributed by atoms with Crippen molar-refractivity contribution in [2.45, 2.75) is 44.7 Å². The second-order valence-corrected chi connectivity index (χ2v) is 5.01. The van der Waals surface area contributed by atoms with Gasteiger partial charge in [-0.3, -0.25) is 4.79 Å². The van der Waals surface area contributed by atoms with E-state index in [2.05, 4.69) is 31.3 Å². The molecule has 1 saturated carbocycles. The number of amides is 2. The fourth-order valence-electron chi connectivity index (χ4n) is 2.39. The number of urea groups is 1. The number of nitrogens with zero attached hydrogens (tertiary/aromatic N) is 3. The summed E-state index contributed by atoms with van der Waals surface area (Å²) in [5.41, 5.74) is 0. The molecule has 0 bridgehead atoms. The Labute approximate surface area is 115 Å². The Morgan fingerprint density at radius 3 is 2.90 bits per heavy atom. The number of hydrogen-bond acceptors (Lipinski definition) is 5. The van der Waals surface area contributed by atoms with Gasteiger partial charge in [0.05, 0.1) is 12.0 Å². The van der Waals surface area contributed by atoms with Crippen molar-refractivity contribution in [2.24, 2.45) is 5.92 Å². The van der Waals surface area contributed by atoms with Crippen LogP contribution in [0.3, 0.4) is 0 Å². The van der Waals surface area contributed by atoms with Crippen LogP contribution in [0.5, 0.6) is 0 Å². The summed E-state index contributed by atoms with van der Waals surface area (Å²) in [6.45, 7) is 1.74. The second kappa shape index (κ2) is 6.31. The fourth-order valence-corrected chi connectivity index (χ4v) is 2.39. The van der Waals surface area contributed by atoms with Crippen LogP contribution >= 0.6 is 0 Å². The van der Waals surface area contributed by atoms with E-state index in [9.17, 15) is 9.59 Å². The van der Waals surface area contributed by atoms with Crippen LogP contribution in [0.1, 0.15) is 44.5 Å². The Morgan fingerprint density at radius 2 is 2.25 bits per heavy atom. The van der Waals surface area contributed by atoms with Crippen LogP contribution < -0.4 is 10.6 Å². The molecule has 0 saturated heterocycles. The van der Waals surface area contributed by atoms with E-state index in [1.165, 1.54) is 0 Å². The topological polar surface area (TPSA) is 133 Å². The zero-order valence-corrected chi connectivity index (χ0v) is 11.2. The minimum absolute atomic E-state index is 0.109. The Kier molecular flexibility index (Phi) is 4.49. The number of aliphatic carboxylic acids is 1. The average Bonchev–Trinajstić information content (AvgIpc) is 2.92. The van der Waals surface area contributed by atoms with Crippen molar-refractivity contribution < 1.29 is 14.7 Å². The van der Waals surface area contributed by atoms with Crippen LogP contribution in [0.2, 0.25) is 0 Å². The molecule has 2 amide bonds. The number of tetrazole rings is 1. The highest BCUT2D eigenvalue weighted by atomic mass is 16.4. The van der Waals surface area contributed by atoms with Crippen molar-refractivity contribution in [1.82, 2.24) is 31.3 Å². The van der Waals surface area contributed by atoms with E-state index in [0.717, 1.165) is 12.8 Å². The molecule has 1 aliphatic carbocycles. The summed E-state index contributed by atoms with van der Waals surface area (Å²) in [5, 5.41) is 27.8. The molecule has 1 fully saturated rings. The lowest BCUT2D eigenvalue weighted by Crippen LogP contribution is -2.45. The summed E-state index contributed by atoms with van der Waals surface area (Å²) < 4.78 is 0. The highest BCUT2D eigenvalue weighted by Crippen LogP contribution is 2.24. The lowest BCUT2D eigenvalue weighted by atomic mass is 9.86. The van der Waals surface area contributed by atoms with Crippen LogP contribution in [-0.2, 0) is 4.79 Å². The van der Waals surface area contributed by atoms with E-state index < -0.39 is 5.97 Å². The Balaban J connectivity index is 1.80. The van der Waals surface area contributed by atoms with Gasteiger partial charge >= 0.3 is 12.0 Å². The van der Waals surface area contributed by atoms with Gasteiger partial charge < -0.3 is 15.7 Å². The van der Waals surface area contributed by atoms with Crippen LogP contribution in [0.25, 0.3) is 0 Å². The number of rotatable bonds is 4. The van der Waals surface area contributed by atoms with Crippen molar-refractivity contribution in [1.29, 1.82) is 0 Å². The summed E-state index contributed by atoms with van der Waals surface area (Å²) in [6.07, 6.45) is 2.75. The van der Waals surface area contributed by atoms with Gasteiger partial charge in [0.1, 0.15) is 0 Å². The van der Waals surface area contributed by atoms with E-state index in [-0.39, 0.29) is 24.0 Å². The number of hydrogen-bond donors (Lipinski definition) is 4. The first-order valence-corrected chi connectivity index (χ1v) is 6.59. The highest BCUT2D eigenvalue weighted by Gasteiger charge is 2.28. The van der Waals surface area contributed by atoms with Crippen molar-refractivity contribution >= 4 is 12.0 Å². The lowest BCUT2D eigenvalue weighted by molar-refractivity contribution is -0.143. The molecule has 1 heterocycles. The summed E-state index contributed by atoms with van der Waals surface area (Å²) >= 11 is 0. The fraction of sp³-hybridized carbons (Fsp3) is 0.727. The van der Waals surface area contributed by atoms with Crippen LogP contribution in [0.4, 0.5) is 4.79 Å². The standard InChI is InChI=1S/C11H18N6O3/c1-6(9-14-16-17-15-9)12-11(20)13-8-4-2-3-7(5-8)10(18)19/h6-8H,2-5H2,1H3,(H,18,19)(H2,12,13,20)(H,14,15,16,17). The Morgan fingerprint density at radius 1 is 1.45 bits per heavy atom. The third kappa shape index (κ3) is 3.65. The predicted molar refractivity (Wildman–Crippen MR) is 67.6 cm³/mol. The van der Waals surface area contributed by atoms with E-state index in [1.54, 1.807) is 6.92 Å². The molecule has 1 aromatic heterocycles. The van der Waals surface area contributed by atoms with Gasteiger partial charge in [-0.2, -0.15) is 5.21 Å². The summed E-state index contributed by atoms with van der Waals surface area (Å²) in [6, 6.07) is -0.826. The van der Waals surface area contributed by atoms with Crippen molar-refractivity contribution in [3.63, 3.8) is 0 Å². The van der Waals surface area contributed by atoms with Crippen molar-refractivity contribution in [2.75, 3.05) is 0 Å². The van der Waals surface area contributed by atoms with E-state index >= 15 is 0 Å². The van der Waals surface area contributed by atoms with E-state index in [0.29, 0.717) is 18.7 Å². The van der Waals surface area contributed by atoms with Crippen LogP contribution in [0, 0.1) is 5.92 Å². The molecule has 9 heteroatoms. The minimum Gasteiger partial charge on any atom is -0.481 e. The Hall–Kier alpha value is -2.19. The zero-order chi connectivity index (χ0) is 14.5. The molecular formula is C11H18N6O3. The highest BCUT2D eigenvalue weighted by molar-refractivity contribution is 5.75. The molecule has 3 unspecified atom stereocenters. The normalized spacial score (nSPS) is 23.9. The molecule has 2 rings (SSSR count). The maximum absolute atomic E-state index is 11.8. The molecule has 20 heavy (non-hydrogen) atoms. The third-order valence-corrected chi connectivity index (χ3v) is 3.46. The molecule has 0 radical (unpaired) electrons. The number of aromatic amines is 1. The summed E-state index contributed by atoms with van der Waals surface area (Å²) in [5.74, 6) is -0.770. The molecule has 110 valence electrons. The van der Waals surface area contributed by atoms with E-state index in [1.807, 2.05) is 0 Å². The molecule has 9 nitrogen and oxygen atoms in total. The van der Waals surface area contributed by atoms with Crippen LogP contribution in [0.15, 0.2) is 0 Å². The molecule has 0 spiro atoms. The largest absolute Gasteiger partial charge is 0.481 e. The average molecular weight is 282 g/mol. The Bertz CT molecular complexity index is 463. The number of carbonyl (C=O) groups is 2. The molecule has 1 aliphatic rings. The van der Waals surface area contributed by atoms with Gasteiger partial charge in [-0.15, -0.1) is 10.2 Å². The number of nitrogens with one attached hydrogen (secondary N) is 3. The smallest absolute Gasteiger partial charge is 0.315 e. The van der Waals surface area contributed by atoms with Gasteiger partial charge in [0.2, 0.25) is 0 Å².